The molecule has 1 aliphatic carbocycles. The smallest absolute Gasteiger partial charge is 0.110 e. The SMILES string of the molecule is C[C@@H]1O[C@H]2C[C@H]2[C@H](OCc2ccccc2)[C@H]1OCc1ccccc1. The van der Waals surface area contributed by atoms with Crippen molar-refractivity contribution in [2.45, 2.75) is 51.0 Å². The van der Waals surface area contributed by atoms with E-state index in [4.69, 9.17) is 14.2 Å². The summed E-state index contributed by atoms with van der Waals surface area (Å²) in [5.41, 5.74) is 2.39. The van der Waals surface area contributed by atoms with Gasteiger partial charge in [-0.25, -0.2) is 0 Å². The molecule has 1 heterocycles. The average molecular weight is 324 g/mol. The van der Waals surface area contributed by atoms with E-state index in [1.54, 1.807) is 0 Å². The van der Waals surface area contributed by atoms with E-state index in [2.05, 4.69) is 43.3 Å². The zero-order valence-electron chi connectivity index (χ0n) is 14.0. The first kappa shape index (κ1) is 15.8. The number of benzene rings is 2. The lowest BCUT2D eigenvalue weighted by molar-refractivity contribution is -0.182. The highest BCUT2D eigenvalue weighted by Gasteiger charge is 2.54. The van der Waals surface area contributed by atoms with Crippen LogP contribution in [0, 0.1) is 5.92 Å². The van der Waals surface area contributed by atoms with Gasteiger partial charge in [-0.2, -0.15) is 0 Å². The summed E-state index contributed by atoms with van der Waals surface area (Å²) in [4.78, 5) is 0. The quantitative estimate of drug-likeness (QED) is 0.805. The van der Waals surface area contributed by atoms with E-state index in [0.717, 1.165) is 6.42 Å². The number of ether oxygens (including phenoxy) is 3. The third-order valence-electron chi connectivity index (χ3n) is 4.95. The lowest BCUT2D eigenvalue weighted by Gasteiger charge is -2.36. The number of hydrogen-bond acceptors (Lipinski definition) is 3. The van der Waals surface area contributed by atoms with Gasteiger partial charge in [0.15, 0.2) is 0 Å². The first-order valence-corrected chi connectivity index (χ1v) is 8.78. The van der Waals surface area contributed by atoms with Crippen LogP contribution >= 0.6 is 0 Å². The summed E-state index contributed by atoms with van der Waals surface area (Å²) in [6.07, 6.45) is 1.62. The molecule has 126 valence electrons. The Hall–Kier alpha value is -1.68. The van der Waals surface area contributed by atoms with Crippen LogP contribution in [0.2, 0.25) is 0 Å². The Labute approximate surface area is 143 Å². The molecule has 2 aromatic carbocycles. The van der Waals surface area contributed by atoms with E-state index in [1.165, 1.54) is 11.1 Å². The predicted molar refractivity (Wildman–Crippen MR) is 92.5 cm³/mol. The zero-order chi connectivity index (χ0) is 16.4. The van der Waals surface area contributed by atoms with Gasteiger partial charge >= 0.3 is 0 Å². The van der Waals surface area contributed by atoms with E-state index < -0.39 is 0 Å². The van der Waals surface area contributed by atoms with Crippen LogP contribution in [0.15, 0.2) is 60.7 Å². The van der Waals surface area contributed by atoms with Gasteiger partial charge in [-0.05, 0) is 24.5 Å². The molecule has 0 radical (unpaired) electrons. The highest BCUT2D eigenvalue weighted by Crippen LogP contribution is 2.46. The lowest BCUT2D eigenvalue weighted by atomic mass is 10.0. The third-order valence-corrected chi connectivity index (χ3v) is 4.95. The number of hydrogen-bond donors (Lipinski definition) is 0. The van der Waals surface area contributed by atoms with Gasteiger partial charge < -0.3 is 14.2 Å². The average Bonchev–Trinajstić information content (AvgIpc) is 3.39. The van der Waals surface area contributed by atoms with Crippen LogP contribution in [0.3, 0.4) is 0 Å². The third kappa shape index (κ3) is 3.54. The summed E-state index contributed by atoms with van der Waals surface area (Å²) in [6, 6.07) is 20.6. The van der Waals surface area contributed by atoms with E-state index in [1.807, 2.05) is 24.3 Å². The standard InChI is InChI=1S/C21H24O3/c1-15-20(22-13-16-8-4-2-5-9-16)21(18-12-19(18)24-15)23-14-17-10-6-3-7-11-17/h2-11,15,18-21H,12-14H2,1H3/t15-,18+,19-,20-,21-/m0/s1. The Morgan fingerprint density at radius 1 is 0.833 bits per heavy atom. The molecule has 2 fully saturated rings. The van der Waals surface area contributed by atoms with Gasteiger partial charge in [0.05, 0.1) is 31.5 Å². The summed E-state index contributed by atoms with van der Waals surface area (Å²) in [5.74, 6) is 0.477. The summed E-state index contributed by atoms with van der Waals surface area (Å²) < 4.78 is 18.6. The Morgan fingerprint density at radius 3 is 1.96 bits per heavy atom. The lowest BCUT2D eigenvalue weighted by Crippen LogP contribution is -2.47. The van der Waals surface area contributed by atoms with Crippen molar-refractivity contribution in [3.05, 3.63) is 71.8 Å². The summed E-state index contributed by atoms with van der Waals surface area (Å²) in [5, 5.41) is 0. The maximum Gasteiger partial charge on any atom is 0.110 e. The molecule has 3 heteroatoms. The maximum atomic E-state index is 6.29. The van der Waals surface area contributed by atoms with Crippen molar-refractivity contribution in [3.63, 3.8) is 0 Å². The molecule has 2 aromatic rings. The highest BCUT2D eigenvalue weighted by atomic mass is 16.6. The fourth-order valence-corrected chi connectivity index (χ4v) is 3.54. The fraction of sp³-hybridized carbons (Fsp3) is 0.429. The van der Waals surface area contributed by atoms with Crippen molar-refractivity contribution in [3.8, 4) is 0 Å². The number of fused-ring (bicyclic) bond motifs is 1. The van der Waals surface area contributed by atoms with Gasteiger partial charge in [0, 0.05) is 5.92 Å². The van der Waals surface area contributed by atoms with E-state index >= 15 is 0 Å². The largest absolute Gasteiger partial charge is 0.372 e. The Kier molecular flexibility index (Phi) is 4.65. The fourth-order valence-electron chi connectivity index (χ4n) is 3.54. The summed E-state index contributed by atoms with van der Waals surface area (Å²) in [7, 11) is 0. The molecular weight excluding hydrogens is 300 g/mol. The minimum atomic E-state index is -0.0160. The van der Waals surface area contributed by atoms with Crippen LogP contribution < -0.4 is 0 Å². The molecule has 0 spiro atoms. The Morgan fingerprint density at radius 2 is 1.38 bits per heavy atom. The van der Waals surface area contributed by atoms with E-state index in [0.29, 0.717) is 25.2 Å². The molecule has 5 atom stereocenters. The Balaban J connectivity index is 1.41. The first-order chi connectivity index (χ1) is 11.8. The molecule has 3 nitrogen and oxygen atoms in total. The molecule has 0 bridgehead atoms. The Bertz CT molecular complexity index is 599. The van der Waals surface area contributed by atoms with Crippen LogP contribution in [0.5, 0.6) is 0 Å². The van der Waals surface area contributed by atoms with Gasteiger partial charge in [-0.3, -0.25) is 0 Å². The first-order valence-electron chi connectivity index (χ1n) is 8.78. The second kappa shape index (κ2) is 7.06. The molecule has 2 aliphatic rings. The summed E-state index contributed by atoms with van der Waals surface area (Å²) >= 11 is 0. The monoisotopic (exact) mass is 324 g/mol. The topological polar surface area (TPSA) is 27.7 Å². The molecule has 0 aromatic heterocycles. The highest BCUT2D eigenvalue weighted by molar-refractivity contribution is 5.15. The molecule has 1 saturated heterocycles. The molecule has 0 N–H and O–H groups in total. The van der Waals surface area contributed by atoms with Gasteiger partial charge in [0.25, 0.3) is 0 Å². The van der Waals surface area contributed by atoms with Crippen molar-refractivity contribution in [1.82, 2.24) is 0 Å². The van der Waals surface area contributed by atoms with Gasteiger partial charge in [-0.15, -0.1) is 0 Å². The van der Waals surface area contributed by atoms with E-state index in [-0.39, 0.29) is 18.3 Å². The minimum absolute atomic E-state index is 0.0160. The molecular formula is C21H24O3. The minimum Gasteiger partial charge on any atom is -0.372 e. The molecule has 0 amide bonds. The van der Waals surface area contributed by atoms with Crippen molar-refractivity contribution in [2.24, 2.45) is 5.92 Å². The van der Waals surface area contributed by atoms with Crippen LogP contribution in [0.4, 0.5) is 0 Å². The second-order valence-corrected chi connectivity index (χ2v) is 6.80. The van der Waals surface area contributed by atoms with Crippen LogP contribution in [0.1, 0.15) is 24.5 Å². The van der Waals surface area contributed by atoms with Crippen molar-refractivity contribution in [1.29, 1.82) is 0 Å². The zero-order valence-corrected chi connectivity index (χ0v) is 14.0. The van der Waals surface area contributed by atoms with Crippen molar-refractivity contribution in [2.75, 3.05) is 0 Å². The normalized spacial score (nSPS) is 31.5. The second-order valence-electron chi connectivity index (χ2n) is 6.80. The van der Waals surface area contributed by atoms with Crippen LogP contribution in [0.25, 0.3) is 0 Å². The molecule has 1 saturated carbocycles. The molecule has 4 rings (SSSR count). The predicted octanol–water partition coefficient (Wildman–Crippen LogP) is 3.96. The number of rotatable bonds is 6. The van der Waals surface area contributed by atoms with Crippen molar-refractivity contribution >= 4 is 0 Å². The van der Waals surface area contributed by atoms with E-state index in [9.17, 15) is 0 Å². The molecule has 0 unspecified atom stereocenters. The van der Waals surface area contributed by atoms with Crippen molar-refractivity contribution < 1.29 is 14.2 Å². The molecule has 1 aliphatic heterocycles. The van der Waals surface area contributed by atoms with Gasteiger partial charge in [-0.1, -0.05) is 60.7 Å². The van der Waals surface area contributed by atoms with Gasteiger partial charge in [0.2, 0.25) is 0 Å². The maximum absolute atomic E-state index is 6.29. The van der Waals surface area contributed by atoms with Crippen LogP contribution in [-0.4, -0.2) is 24.4 Å². The van der Waals surface area contributed by atoms with Crippen LogP contribution in [-0.2, 0) is 27.4 Å². The molecule has 24 heavy (non-hydrogen) atoms. The summed E-state index contributed by atoms with van der Waals surface area (Å²) in [6.45, 7) is 3.33. The van der Waals surface area contributed by atoms with Gasteiger partial charge in [0.1, 0.15) is 6.10 Å².